The molecule has 116 valence electrons. The zero-order valence-electron chi connectivity index (χ0n) is 12.2. The van der Waals surface area contributed by atoms with Gasteiger partial charge < -0.3 is 5.32 Å². The first kappa shape index (κ1) is 16.3. The SMILES string of the molecule is CSc1ccccc1NC(=O)CN(C)[C@H]1CCS(=O)(=O)C1. The largest absolute Gasteiger partial charge is 0.324 e. The van der Waals surface area contributed by atoms with Gasteiger partial charge in [0.05, 0.1) is 23.7 Å². The number of anilines is 1. The highest BCUT2D eigenvalue weighted by Gasteiger charge is 2.31. The summed E-state index contributed by atoms with van der Waals surface area (Å²) in [6.45, 7) is 0.197. The van der Waals surface area contributed by atoms with Crippen molar-refractivity contribution in [3.8, 4) is 0 Å². The van der Waals surface area contributed by atoms with Crippen LogP contribution >= 0.6 is 11.8 Å². The minimum absolute atomic E-state index is 0.0588. The van der Waals surface area contributed by atoms with Gasteiger partial charge in [-0.1, -0.05) is 12.1 Å². The molecule has 0 unspecified atom stereocenters. The summed E-state index contributed by atoms with van der Waals surface area (Å²) in [5, 5.41) is 2.89. The molecule has 1 aliphatic rings. The van der Waals surface area contributed by atoms with E-state index >= 15 is 0 Å². The second-order valence-electron chi connectivity index (χ2n) is 5.22. The molecule has 1 amide bonds. The maximum absolute atomic E-state index is 12.1. The number of carbonyl (C=O) groups excluding carboxylic acids is 1. The summed E-state index contributed by atoms with van der Waals surface area (Å²) in [6, 6.07) is 7.56. The van der Waals surface area contributed by atoms with Crippen LogP contribution in [-0.4, -0.2) is 56.6 Å². The number of nitrogens with zero attached hydrogens (tertiary/aromatic N) is 1. The van der Waals surface area contributed by atoms with Gasteiger partial charge in [-0.2, -0.15) is 0 Å². The molecule has 5 nitrogen and oxygen atoms in total. The van der Waals surface area contributed by atoms with E-state index in [-0.39, 0.29) is 30.0 Å². The van der Waals surface area contributed by atoms with Crippen molar-refractivity contribution in [3.05, 3.63) is 24.3 Å². The molecule has 1 aromatic carbocycles. The van der Waals surface area contributed by atoms with Crippen LogP contribution < -0.4 is 5.32 Å². The predicted octanol–water partition coefficient (Wildman–Crippen LogP) is 1.47. The van der Waals surface area contributed by atoms with E-state index in [1.165, 1.54) is 0 Å². The third kappa shape index (κ3) is 4.46. The van der Waals surface area contributed by atoms with E-state index in [0.717, 1.165) is 10.6 Å². The fourth-order valence-electron chi connectivity index (χ4n) is 2.42. The van der Waals surface area contributed by atoms with Crippen LogP contribution in [0.3, 0.4) is 0 Å². The number of para-hydroxylation sites is 1. The molecule has 0 aliphatic carbocycles. The third-order valence-corrected chi connectivity index (χ3v) is 6.15. The number of hydrogen-bond acceptors (Lipinski definition) is 5. The molecule has 21 heavy (non-hydrogen) atoms. The molecule has 0 spiro atoms. The molecule has 0 aromatic heterocycles. The fraction of sp³-hybridized carbons (Fsp3) is 0.500. The van der Waals surface area contributed by atoms with Gasteiger partial charge in [0.15, 0.2) is 9.84 Å². The Morgan fingerprint density at radius 1 is 1.43 bits per heavy atom. The third-order valence-electron chi connectivity index (χ3n) is 3.61. The molecule has 1 N–H and O–H groups in total. The van der Waals surface area contributed by atoms with E-state index in [2.05, 4.69) is 5.32 Å². The Kier molecular flexibility index (Phi) is 5.29. The fourth-order valence-corrected chi connectivity index (χ4v) is 4.78. The second-order valence-corrected chi connectivity index (χ2v) is 8.30. The molecule has 1 aromatic rings. The molecule has 1 aliphatic heterocycles. The van der Waals surface area contributed by atoms with Crippen LogP contribution in [0.5, 0.6) is 0 Å². The van der Waals surface area contributed by atoms with E-state index in [0.29, 0.717) is 6.42 Å². The normalized spacial score (nSPS) is 20.6. The molecule has 2 rings (SSSR count). The molecule has 1 heterocycles. The van der Waals surface area contributed by atoms with E-state index in [4.69, 9.17) is 0 Å². The molecule has 0 bridgehead atoms. The maximum Gasteiger partial charge on any atom is 0.238 e. The van der Waals surface area contributed by atoms with Crippen LogP contribution in [0.25, 0.3) is 0 Å². The van der Waals surface area contributed by atoms with E-state index < -0.39 is 9.84 Å². The van der Waals surface area contributed by atoms with Crippen molar-refractivity contribution in [1.82, 2.24) is 4.90 Å². The number of hydrogen-bond donors (Lipinski definition) is 1. The molecule has 0 radical (unpaired) electrons. The van der Waals surface area contributed by atoms with Crippen LogP contribution in [0.15, 0.2) is 29.2 Å². The first-order chi connectivity index (χ1) is 9.91. The lowest BCUT2D eigenvalue weighted by Gasteiger charge is -2.22. The number of rotatable bonds is 5. The lowest BCUT2D eigenvalue weighted by atomic mass is 10.2. The number of benzene rings is 1. The zero-order chi connectivity index (χ0) is 15.5. The number of amides is 1. The van der Waals surface area contributed by atoms with Crippen LogP contribution in [-0.2, 0) is 14.6 Å². The van der Waals surface area contributed by atoms with Crippen molar-refractivity contribution in [1.29, 1.82) is 0 Å². The molecular formula is C14H20N2O3S2. The van der Waals surface area contributed by atoms with Gasteiger partial charge in [0.25, 0.3) is 0 Å². The van der Waals surface area contributed by atoms with Crippen LogP contribution in [0, 0.1) is 0 Å². The number of thioether (sulfide) groups is 1. The molecular weight excluding hydrogens is 308 g/mol. The number of sulfone groups is 1. The van der Waals surface area contributed by atoms with Crippen LogP contribution in [0.2, 0.25) is 0 Å². The summed E-state index contributed by atoms with van der Waals surface area (Å²) < 4.78 is 23.0. The quantitative estimate of drug-likeness (QED) is 0.829. The van der Waals surface area contributed by atoms with Crippen LogP contribution in [0.1, 0.15) is 6.42 Å². The highest BCUT2D eigenvalue weighted by molar-refractivity contribution is 7.98. The number of likely N-dealkylation sites (N-methyl/N-ethyl adjacent to an activating group) is 1. The first-order valence-electron chi connectivity index (χ1n) is 6.75. The van der Waals surface area contributed by atoms with Crippen molar-refractivity contribution in [2.45, 2.75) is 17.4 Å². The Morgan fingerprint density at radius 2 is 2.14 bits per heavy atom. The number of nitrogens with one attached hydrogen (secondary N) is 1. The van der Waals surface area contributed by atoms with Gasteiger partial charge in [-0.15, -0.1) is 11.8 Å². The average Bonchev–Trinajstić information content (AvgIpc) is 2.79. The van der Waals surface area contributed by atoms with Gasteiger partial charge in [0.2, 0.25) is 5.91 Å². The summed E-state index contributed by atoms with van der Waals surface area (Å²) in [5.74, 6) is 0.250. The maximum atomic E-state index is 12.1. The van der Waals surface area contributed by atoms with Gasteiger partial charge in [0.1, 0.15) is 0 Å². The standard InChI is InChI=1S/C14H20N2O3S2/c1-16(11-7-8-21(18,19)10-11)9-14(17)15-12-5-3-4-6-13(12)20-2/h3-6,11H,7-10H2,1-2H3,(H,15,17)/t11-/m0/s1. The van der Waals surface area contributed by atoms with Gasteiger partial charge in [0, 0.05) is 10.9 Å². The van der Waals surface area contributed by atoms with Gasteiger partial charge in [-0.25, -0.2) is 8.42 Å². The summed E-state index contributed by atoms with van der Waals surface area (Å²) in [6.07, 6.45) is 2.56. The average molecular weight is 328 g/mol. The predicted molar refractivity (Wildman–Crippen MR) is 86.5 cm³/mol. The lowest BCUT2D eigenvalue weighted by molar-refractivity contribution is -0.117. The molecule has 0 saturated carbocycles. The summed E-state index contributed by atoms with van der Waals surface area (Å²) in [5.41, 5.74) is 0.794. The van der Waals surface area contributed by atoms with Crippen molar-refractivity contribution in [2.75, 3.05) is 36.7 Å². The number of carbonyl (C=O) groups is 1. The summed E-state index contributed by atoms with van der Waals surface area (Å²) in [4.78, 5) is 14.9. The van der Waals surface area contributed by atoms with Crippen molar-refractivity contribution >= 4 is 33.2 Å². The Labute approximate surface area is 130 Å². The minimum Gasteiger partial charge on any atom is -0.324 e. The Morgan fingerprint density at radius 3 is 2.76 bits per heavy atom. The van der Waals surface area contributed by atoms with E-state index in [1.54, 1.807) is 18.8 Å². The van der Waals surface area contributed by atoms with Gasteiger partial charge in [-0.3, -0.25) is 9.69 Å². The summed E-state index contributed by atoms with van der Waals surface area (Å²) in [7, 11) is -1.13. The Hall–Kier alpha value is -1.05. The molecule has 1 saturated heterocycles. The first-order valence-corrected chi connectivity index (χ1v) is 9.79. The van der Waals surface area contributed by atoms with Gasteiger partial charge in [-0.05, 0) is 31.9 Å². The highest BCUT2D eigenvalue weighted by atomic mass is 32.2. The van der Waals surface area contributed by atoms with E-state index in [1.807, 2.05) is 35.4 Å². The Bertz CT molecular complexity index is 616. The highest BCUT2D eigenvalue weighted by Crippen LogP contribution is 2.24. The lowest BCUT2D eigenvalue weighted by Crippen LogP contribution is -2.38. The van der Waals surface area contributed by atoms with Crippen LogP contribution in [0.4, 0.5) is 5.69 Å². The second kappa shape index (κ2) is 6.81. The van der Waals surface area contributed by atoms with Crippen molar-refractivity contribution in [3.63, 3.8) is 0 Å². The Balaban J connectivity index is 1.93. The molecule has 7 heteroatoms. The monoisotopic (exact) mass is 328 g/mol. The smallest absolute Gasteiger partial charge is 0.238 e. The van der Waals surface area contributed by atoms with Gasteiger partial charge >= 0.3 is 0 Å². The topological polar surface area (TPSA) is 66.5 Å². The minimum atomic E-state index is -2.92. The molecule has 1 fully saturated rings. The van der Waals surface area contributed by atoms with Crippen molar-refractivity contribution in [2.24, 2.45) is 0 Å². The zero-order valence-corrected chi connectivity index (χ0v) is 13.8. The molecule has 1 atom stereocenters. The van der Waals surface area contributed by atoms with Crippen molar-refractivity contribution < 1.29 is 13.2 Å². The van der Waals surface area contributed by atoms with E-state index in [9.17, 15) is 13.2 Å². The summed E-state index contributed by atoms with van der Waals surface area (Å²) >= 11 is 1.57.